The number of rotatable bonds is 7. The average Bonchev–Trinajstić information content (AvgIpc) is 3.13. The number of anilines is 1. The number of aromatic nitrogens is 2. The topological polar surface area (TPSA) is 114 Å². The molecule has 3 rings (SSSR count). The molecular weight excluding hydrogens is 421 g/mol. The van der Waals surface area contributed by atoms with Gasteiger partial charge in [0.2, 0.25) is 17.7 Å². The van der Waals surface area contributed by atoms with E-state index >= 15 is 0 Å². The maximum Gasteiger partial charge on any atom is 0.269 e. The molecule has 11 heteroatoms. The minimum absolute atomic E-state index is 0.0298. The third-order valence-electron chi connectivity index (χ3n) is 3.84. The molecule has 1 aromatic heterocycles. The molecule has 0 saturated carbocycles. The van der Waals surface area contributed by atoms with Crippen LogP contribution in [0.2, 0.25) is 10.0 Å². The van der Waals surface area contributed by atoms with Crippen LogP contribution in [-0.2, 0) is 11.3 Å². The Morgan fingerprint density at radius 3 is 2.45 bits per heavy atom. The number of amides is 1. The van der Waals surface area contributed by atoms with Crippen molar-refractivity contribution in [2.45, 2.75) is 6.54 Å². The number of nitro groups is 1. The van der Waals surface area contributed by atoms with Crippen LogP contribution in [0.1, 0.15) is 5.89 Å². The number of carbonyl (C=O) groups excluding carboxylic acids is 1. The van der Waals surface area contributed by atoms with Crippen LogP contribution in [-0.4, -0.2) is 39.5 Å². The predicted molar refractivity (Wildman–Crippen MR) is 108 cm³/mol. The van der Waals surface area contributed by atoms with Crippen LogP contribution >= 0.6 is 23.2 Å². The highest BCUT2D eigenvalue weighted by Crippen LogP contribution is 2.29. The number of nitrogens with zero attached hydrogens (tertiary/aromatic N) is 4. The maximum absolute atomic E-state index is 12.2. The summed E-state index contributed by atoms with van der Waals surface area (Å²) < 4.78 is 5.57. The monoisotopic (exact) mass is 435 g/mol. The second kappa shape index (κ2) is 8.99. The Bertz CT molecular complexity index is 1020. The summed E-state index contributed by atoms with van der Waals surface area (Å²) in [6.07, 6.45) is 0. The van der Waals surface area contributed by atoms with Crippen molar-refractivity contribution in [1.82, 2.24) is 15.1 Å². The number of halogens is 2. The average molecular weight is 436 g/mol. The van der Waals surface area contributed by atoms with Crippen LogP contribution in [0.15, 0.2) is 46.9 Å². The number of hydrogen-bond donors (Lipinski definition) is 1. The SMILES string of the molecule is CN(CC(=O)Nc1c(Cl)cccc1Cl)Cc1nnc(-c2ccc([N+](=O)[O-])cc2)o1. The number of benzene rings is 2. The zero-order chi connectivity index (χ0) is 21.0. The number of carbonyl (C=O) groups is 1. The maximum atomic E-state index is 12.2. The highest BCUT2D eigenvalue weighted by Gasteiger charge is 2.15. The molecule has 0 fully saturated rings. The Hall–Kier alpha value is -3.01. The first-order valence-corrected chi connectivity index (χ1v) is 9.08. The lowest BCUT2D eigenvalue weighted by Gasteiger charge is -2.15. The molecule has 0 aliphatic heterocycles. The summed E-state index contributed by atoms with van der Waals surface area (Å²) in [4.78, 5) is 24.1. The Morgan fingerprint density at radius 2 is 1.83 bits per heavy atom. The lowest BCUT2D eigenvalue weighted by atomic mass is 10.2. The first-order valence-electron chi connectivity index (χ1n) is 8.33. The van der Waals surface area contributed by atoms with Crippen molar-refractivity contribution in [2.75, 3.05) is 18.9 Å². The van der Waals surface area contributed by atoms with Gasteiger partial charge in [-0.2, -0.15) is 0 Å². The summed E-state index contributed by atoms with van der Waals surface area (Å²) in [7, 11) is 1.71. The fourth-order valence-corrected chi connectivity index (χ4v) is 2.98. The van der Waals surface area contributed by atoms with Crippen LogP contribution in [0, 0.1) is 10.1 Å². The summed E-state index contributed by atoms with van der Waals surface area (Å²) in [6.45, 7) is 0.264. The van der Waals surface area contributed by atoms with E-state index in [1.54, 1.807) is 30.1 Å². The minimum Gasteiger partial charge on any atom is -0.419 e. The smallest absolute Gasteiger partial charge is 0.269 e. The molecule has 0 atom stereocenters. The number of non-ortho nitro benzene ring substituents is 1. The van der Waals surface area contributed by atoms with Crippen molar-refractivity contribution >= 4 is 40.5 Å². The van der Waals surface area contributed by atoms with E-state index in [9.17, 15) is 14.9 Å². The summed E-state index contributed by atoms with van der Waals surface area (Å²) in [6, 6.07) is 10.7. The van der Waals surface area contributed by atoms with Crippen LogP contribution in [0.25, 0.3) is 11.5 Å². The third-order valence-corrected chi connectivity index (χ3v) is 4.47. The molecule has 0 unspecified atom stereocenters. The highest BCUT2D eigenvalue weighted by molar-refractivity contribution is 6.39. The largest absolute Gasteiger partial charge is 0.419 e. The molecule has 9 nitrogen and oxygen atoms in total. The normalized spacial score (nSPS) is 10.9. The van der Waals surface area contributed by atoms with Gasteiger partial charge in [-0.1, -0.05) is 29.3 Å². The molecule has 2 aromatic carbocycles. The van der Waals surface area contributed by atoms with E-state index in [1.165, 1.54) is 24.3 Å². The molecule has 1 amide bonds. The molecule has 1 N–H and O–H groups in total. The van der Waals surface area contributed by atoms with E-state index < -0.39 is 4.92 Å². The summed E-state index contributed by atoms with van der Waals surface area (Å²) >= 11 is 12.1. The molecule has 0 bridgehead atoms. The predicted octanol–water partition coefficient (Wildman–Crippen LogP) is 4.02. The zero-order valence-corrected chi connectivity index (χ0v) is 16.6. The van der Waals surface area contributed by atoms with Gasteiger partial charge in [-0.3, -0.25) is 19.8 Å². The Labute approximate surface area is 175 Å². The lowest BCUT2D eigenvalue weighted by molar-refractivity contribution is -0.384. The number of nitro benzene ring substituents is 1. The van der Waals surface area contributed by atoms with E-state index in [0.29, 0.717) is 27.2 Å². The van der Waals surface area contributed by atoms with Crippen molar-refractivity contribution in [3.63, 3.8) is 0 Å². The van der Waals surface area contributed by atoms with Gasteiger partial charge in [-0.15, -0.1) is 10.2 Å². The van der Waals surface area contributed by atoms with Crippen molar-refractivity contribution < 1.29 is 14.1 Å². The van der Waals surface area contributed by atoms with Gasteiger partial charge in [-0.05, 0) is 31.3 Å². The first-order chi connectivity index (χ1) is 13.8. The Kier molecular flexibility index (Phi) is 6.42. The lowest BCUT2D eigenvalue weighted by Crippen LogP contribution is -2.30. The second-order valence-corrected chi connectivity index (χ2v) is 6.94. The van der Waals surface area contributed by atoms with Crippen molar-refractivity contribution in [3.05, 3.63) is 68.5 Å². The van der Waals surface area contributed by atoms with Gasteiger partial charge in [-0.25, -0.2) is 0 Å². The van der Waals surface area contributed by atoms with Gasteiger partial charge in [0, 0.05) is 17.7 Å². The number of likely N-dealkylation sites (N-methyl/N-ethyl adjacent to an activating group) is 1. The van der Waals surface area contributed by atoms with Gasteiger partial charge in [0.15, 0.2) is 0 Å². The first kappa shape index (κ1) is 20.7. The summed E-state index contributed by atoms with van der Waals surface area (Å²) in [5.41, 5.74) is 0.883. The number of para-hydroxylation sites is 1. The van der Waals surface area contributed by atoms with Crippen molar-refractivity contribution in [3.8, 4) is 11.5 Å². The molecule has 0 aliphatic carbocycles. The minimum atomic E-state index is -0.487. The highest BCUT2D eigenvalue weighted by atomic mass is 35.5. The van der Waals surface area contributed by atoms with Gasteiger partial charge in [0.1, 0.15) is 0 Å². The summed E-state index contributed by atoms with van der Waals surface area (Å²) in [5.74, 6) is 0.220. The van der Waals surface area contributed by atoms with E-state index in [0.717, 1.165) is 0 Å². The van der Waals surface area contributed by atoms with Gasteiger partial charge in [0.05, 0.1) is 33.7 Å². The Balaban J connectivity index is 1.59. The van der Waals surface area contributed by atoms with E-state index in [-0.39, 0.29) is 30.6 Å². The fourth-order valence-electron chi connectivity index (χ4n) is 2.49. The van der Waals surface area contributed by atoms with E-state index in [2.05, 4.69) is 15.5 Å². The molecular formula is C18H15Cl2N5O4. The van der Waals surface area contributed by atoms with Crippen LogP contribution in [0.4, 0.5) is 11.4 Å². The third kappa shape index (κ3) is 5.29. The molecule has 0 aliphatic rings. The molecule has 3 aromatic rings. The van der Waals surface area contributed by atoms with Crippen LogP contribution < -0.4 is 5.32 Å². The standard InChI is InChI=1S/C18H15Cl2N5O4/c1-24(9-15(26)21-17-13(19)3-2-4-14(17)20)10-16-22-23-18(29-16)11-5-7-12(8-6-11)25(27)28/h2-8H,9-10H2,1H3,(H,21,26). The molecule has 1 heterocycles. The van der Waals surface area contributed by atoms with E-state index in [1.807, 2.05) is 0 Å². The Morgan fingerprint density at radius 1 is 1.17 bits per heavy atom. The van der Waals surface area contributed by atoms with Crippen LogP contribution in [0.5, 0.6) is 0 Å². The van der Waals surface area contributed by atoms with Crippen molar-refractivity contribution in [2.24, 2.45) is 0 Å². The quantitative estimate of drug-likeness (QED) is 0.439. The molecule has 0 saturated heterocycles. The van der Waals surface area contributed by atoms with Crippen molar-refractivity contribution in [1.29, 1.82) is 0 Å². The summed E-state index contributed by atoms with van der Waals surface area (Å²) in [5, 5.41) is 22.0. The number of hydrogen-bond acceptors (Lipinski definition) is 7. The second-order valence-electron chi connectivity index (χ2n) is 6.12. The van der Waals surface area contributed by atoms with Crippen LogP contribution in [0.3, 0.4) is 0 Å². The molecule has 29 heavy (non-hydrogen) atoms. The molecule has 0 spiro atoms. The molecule has 0 radical (unpaired) electrons. The number of nitrogens with one attached hydrogen (secondary N) is 1. The van der Waals surface area contributed by atoms with Gasteiger partial charge < -0.3 is 9.73 Å². The zero-order valence-electron chi connectivity index (χ0n) is 15.1. The fraction of sp³-hybridized carbons (Fsp3) is 0.167. The molecule has 150 valence electrons. The van der Waals surface area contributed by atoms with Gasteiger partial charge in [0.25, 0.3) is 5.69 Å². The van der Waals surface area contributed by atoms with Gasteiger partial charge >= 0.3 is 0 Å². The van der Waals surface area contributed by atoms with E-state index in [4.69, 9.17) is 27.6 Å².